The Morgan fingerprint density at radius 3 is 2.52 bits per heavy atom. The highest BCUT2D eigenvalue weighted by Gasteiger charge is 2.32. The molecule has 2 N–H and O–H groups in total. The molecule has 1 aromatic heterocycles. The SMILES string of the molecule is Cc1ccc(NC(=O)C(=O)NCCc2nccn2Cc2ccccc2)cc1C(F)(F)F. The summed E-state index contributed by atoms with van der Waals surface area (Å²) in [6.07, 6.45) is -0.675. The number of aryl methyl sites for hydroxylation is 1. The zero-order chi connectivity index (χ0) is 22.4. The first-order valence-corrected chi connectivity index (χ1v) is 9.55. The summed E-state index contributed by atoms with van der Waals surface area (Å²) in [6.45, 7) is 2.10. The number of rotatable bonds is 6. The van der Waals surface area contributed by atoms with Crippen LogP contribution in [0.25, 0.3) is 0 Å². The molecule has 0 fully saturated rings. The second-order valence-corrected chi connectivity index (χ2v) is 6.94. The van der Waals surface area contributed by atoms with Crippen LogP contribution in [0.15, 0.2) is 60.9 Å². The second-order valence-electron chi connectivity index (χ2n) is 6.94. The Morgan fingerprint density at radius 1 is 1.06 bits per heavy atom. The molecule has 0 saturated carbocycles. The van der Waals surface area contributed by atoms with Crippen LogP contribution in [0.2, 0.25) is 0 Å². The van der Waals surface area contributed by atoms with E-state index in [1.807, 2.05) is 41.1 Å². The lowest BCUT2D eigenvalue weighted by Gasteiger charge is -2.13. The quantitative estimate of drug-likeness (QED) is 0.588. The molecule has 0 aliphatic heterocycles. The van der Waals surface area contributed by atoms with Gasteiger partial charge in [-0.3, -0.25) is 9.59 Å². The molecule has 0 atom stereocenters. The van der Waals surface area contributed by atoms with E-state index < -0.39 is 23.6 Å². The van der Waals surface area contributed by atoms with Crippen LogP contribution in [0, 0.1) is 6.92 Å². The van der Waals surface area contributed by atoms with Crippen molar-refractivity contribution in [3.63, 3.8) is 0 Å². The molecule has 0 spiro atoms. The number of carbonyl (C=O) groups is 2. The van der Waals surface area contributed by atoms with Crippen LogP contribution in [0.1, 0.15) is 22.5 Å². The average molecular weight is 430 g/mol. The number of hydrogen-bond donors (Lipinski definition) is 2. The lowest BCUT2D eigenvalue weighted by Crippen LogP contribution is -2.36. The van der Waals surface area contributed by atoms with Gasteiger partial charge in [0.2, 0.25) is 0 Å². The molecular formula is C22H21F3N4O2. The van der Waals surface area contributed by atoms with E-state index in [-0.39, 0.29) is 17.8 Å². The molecule has 1 heterocycles. The molecule has 3 rings (SSSR count). The van der Waals surface area contributed by atoms with Gasteiger partial charge in [-0.05, 0) is 30.2 Å². The first kappa shape index (κ1) is 22.1. The molecule has 2 amide bonds. The van der Waals surface area contributed by atoms with Crippen LogP contribution in [-0.4, -0.2) is 27.9 Å². The minimum Gasteiger partial charge on any atom is -0.347 e. The lowest BCUT2D eigenvalue weighted by atomic mass is 10.1. The molecule has 0 aliphatic rings. The summed E-state index contributed by atoms with van der Waals surface area (Å²) in [7, 11) is 0. The number of benzene rings is 2. The first-order chi connectivity index (χ1) is 14.7. The summed E-state index contributed by atoms with van der Waals surface area (Å²) in [5, 5.41) is 4.66. The number of hydrogen-bond acceptors (Lipinski definition) is 3. The van der Waals surface area contributed by atoms with Crippen molar-refractivity contribution >= 4 is 17.5 Å². The number of halogens is 3. The van der Waals surface area contributed by atoms with Crippen LogP contribution in [0.4, 0.5) is 18.9 Å². The smallest absolute Gasteiger partial charge is 0.347 e. The number of nitrogens with one attached hydrogen (secondary N) is 2. The van der Waals surface area contributed by atoms with Crippen molar-refractivity contribution in [1.29, 1.82) is 0 Å². The summed E-state index contributed by atoms with van der Waals surface area (Å²) >= 11 is 0. The molecule has 2 aromatic carbocycles. The fourth-order valence-electron chi connectivity index (χ4n) is 3.05. The summed E-state index contributed by atoms with van der Waals surface area (Å²) in [4.78, 5) is 28.3. The standard InChI is InChI=1S/C22H21F3N4O2/c1-15-7-8-17(13-18(15)22(23,24)25)28-21(31)20(30)27-10-9-19-26-11-12-29(19)14-16-5-3-2-4-6-16/h2-8,11-13H,9-10,14H2,1H3,(H,27,30)(H,28,31). The molecule has 0 saturated heterocycles. The summed E-state index contributed by atoms with van der Waals surface area (Å²) in [6, 6.07) is 13.2. The van der Waals surface area contributed by atoms with E-state index in [1.165, 1.54) is 19.1 Å². The van der Waals surface area contributed by atoms with Gasteiger partial charge in [0, 0.05) is 37.6 Å². The predicted molar refractivity (Wildman–Crippen MR) is 109 cm³/mol. The first-order valence-electron chi connectivity index (χ1n) is 9.55. The zero-order valence-corrected chi connectivity index (χ0v) is 16.7. The molecule has 0 unspecified atom stereocenters. The molecule has 6 nitrogen and oxygen atoms in total. The maximum absolute atomic E-state index is 13.0. The maximum Gasteiger partial charge on any atom is 0.416 e. The molecule has 9 heteroatoms. The van der Waals surface area contributed by atoms with Crippen molar-refractivity contribution < 1.29 is 22.8 Å². The Labute approximate surface area is 177 Å². The minimum atomic E-state index is -4.55. The zero-order valence-electron chi connectivity index (χ0n) is 16.7. The highest BCUT2D eigenvalue weighted by molar-refractivity contribution is 6.39. The Hall–Kier alpha value is -3.62. The van der Waals surface area contributed by atoms with Gasteiger partial charge in [-0.15, -0.1) is 0 Å². The van der Waals surface area contributed by atoms with Crippen molar-refractivity contribution in [2.45, 2.75) is 26.1 Å². The summed E-state index contributed by atoms with van der Waals surface area (Å²) in [5.74, 6) is -1.24. The van der Waals surface area contributed by atoms with Gasteiger partial charge in [-0.1, -0.05) is 36.4 Å². The van der Waals surface area contributed by atoms with Gasteiger partial charge in [0.05, 0.1) is 5.56 Å². The number of amides is 2. The second kappa shape index (κ2) is 9.46. The van der Waals surface area contributed by atoms with Crippen molar-refractivity contribution in [3.05, 3.63) is 83.4 Å². The molecule has 0 aliphatic carbocycles. The van der Waals surface area contributed by atoms with E-state index in [0.717, 1.165) is 17.5 Å². The fourth-order valence-corrected chi connectivity index (χ4v) is 3.05. The monoisotopic (exact) mass is 430 g/mol. The normalized spacial score (nSPS) is 11.2. The van der Waals surface area contributed by atoms with Crippen LogP contribution >= 0.6 is 0 Å². The van der Waals surface area contributed by atoms with Gasteiger partial charge in [0.1, 0.15) is 5.82 Å². The summed E-state index contributed by atoms with van der Waals surface area (Å²) < 4.78 is 40.9. The van der Waals surface area contributed by atoms with Crippen molar-refractivity contribution in [2.24, 2.45) is 0 Å². The third kappa shape index (κ3) is 5.94. The van der Waals surface area contributed by atoms with Crippen LogP contribution < -0.4 is 10.6 Å². The lowest BCUT2D eigenvalue weighted by molar-refractivity contribution is -0.138. The van der Waals surface area contributed by atoms with E-state index in [9.17, 15) is 22.8 Å². The third-order valence-corrected chi connectivity index (χ3v) is 4.64. The van der Waals surface area contributed by atoms with Gasteiger partial charge in [0.15, 0.2) is 0 Å². The largest absolute Gasteiger partial charge is 0.416 e. The highest BCUT2D eigenvalue weighted by Crippen LogP contribution is 2.33. The molecule has 3 aromatic rings. The van der Waals surface area contributed by atoms with Crippen molar-refractivity contribution in [1.82, 2.24) is 14.9 Å². The number of aromatic nitrogens is 2. The Bertz CT molecular complexity index is 1060. The average Bonchev–Trinajstić information content (AvgIpc) is 3.16. The number of imidazole rings is 1. The molecule has 0 radical (unpaired) electrons. The van der Waals surface area contributed by atoms with Crippen LogP contribution in [0.3, 0.4) is 0 Å². The van der Waals surface area contributed by atoms with E-state index in [0.29, 0.717) is 13.0 Å². The number of carbonyl (C=O) groups excluding carboxylic acids is 2. The number of anilines is 1. The fraction of sp³-hybridized carbons (Fsp3) is 0.227. The maximum atomic E-state index is 13.0. The molecule has 31 heavy (non-hydrogen) atoms. The Balaban J connectivity index is 1.53. The minimum absolute atomic E-state index is 0.0287. The highest BCUT2D eigenvalue weighted by atomic mass is 19.4. The van der Waals surface area contributed by atoms with E-state index in [2.05, 4.69) is 15.6 Å². The molecule has 162 valence electrons. The van der Waals surface area contributed by atoms with Gasteiger partial charge < -0.3 is 15.2 Å². The Kier molecular flexibility index (Phi) is 6.74. The van der Waals surface area contributed by atoms with Gasteiger partial charge in [0.25, 0.3) is 0 Å². The van der Waals surface area contributed by atoms with E-state index in [4.69, 9.17) is 0 Å². The number of alkyl halides is 3. The third-order valence-electron chi connectivity index (χ3n) is 4.64. The van der Waals surface area contributed by atoms with Gasteiger partial charge >= 0.3 is 18.0 Å². The Morgan fingerprint density at radius 2 is 1.81 bits per heavy atom. The molecular weight excluding hydrogens is 409 g/mol. The van der Waals surface area contributed by atoms with Crippen LogP contribution in [0.5, 0.6) is 0 Å². The topological polar surface area (TPSA) is 76.0 Å². The summed E-state index contributed by atoms with van der Waals surface area (Å²) in [5.41, 5.74) is 0.162. The number of nitrogens with zero attached hydrogens (tertiary/aromatic N) is 2. The van der Waals surface area contributed by atoms with Crippen molar-refractivity contribution in [3.8, 4) is 0 Å². The van der Waals surface area contributed by atoms with E-state index >= 15 is 0 Å². The predicted octanol–water partition coefficient (Wildman–Crippen LogP) is 3.56. The van der Waals surface area contributed by atoms with Crippen molar-refractivity contribution in [2.75, 3.05) is 11.9 Å². The van der Waals surface area contributed by atoms with E-state index in [1.54, 1.807) is 6.20 Å². The van der Waals surface area contributed by atoms with Gasteiger partial charge in [-0.2, -0.15) is 13.2 Å². The van der Waals surface area contributed by atoms with Crippen LogP contribution in [-0.2, 0) is 28.7 Å². The molecule has 0 bridgehead atoms. The van der Waals surface area contributed by atoms with Gasteiger partial charge in [-0.25, -0.2) is 4.98 Å².